The Labute approximate surface area is 236 Å². The van der Waals surface area contributed by atoms with Gasteiger partial charge in [0.1, 0.15) is 29.9 Å². The fourth-order valence-electron chi connectivity index (χ4n) is 3.27. The van der Waals surface area contributed by atoms with Crippen molar-refractivity contribution in [2.75, 3.05) is 31.8 Å². The maximum atomic E-state index is 13.2. The lowest BCUT2D eigenvalue weighted by Gasteiger charge is -2.25. The number of phenolic OH excluding ortho intramolecular Hbond substituents is 1. The van der Waals surface area contributed by atoms with E-state index in [1.165, 1.54) is 36.0 Å². The second-order valence-electron chi connectivity index (χ2n) is 8.73. The Morgan fingerprint density at radius 2 is 1.38 bits per heavy atom. The summed E-state index contributed by atoms with van der Waals surface area (Å²) in [6.07, 6.45) is 2.18. The maximum Gasteiger partial charge on any atom is 0.407 e. The van der Waals surface area contributed by atoms with Crippen LogP contribution < -0.4 is 21.3 Å². The number of nitrogens with one attached hydrogen (secondary N) is 4. The number of ether oxygens (including phenoxy) is 1. The van der Waals surface area contributed by atoms with Gasteiger partial charge in [0.15, 0.2) is 0 Å². The van der Waals surface area contributed by atoms with Crippen molar-refractivity contribution >= 4 is 41.5 Å². The Balaban J connectivity index is 3.04. The van der Waals surface area contributed by atoms with Crippen molar-refractivity contribution in [3.63, 3.8) is 0 Å². The third-order valence-electron chi connectivity index (χ3n) is 5.57. The first-order chi connectivity index (χ1) is 19.1. The summed E-state index contributed by atoms with van der Waals surface area (Å²) in [5, 5.41) is 47.5. The molecule has 0 aromatic heterocycles. The normalized spacial score (nSPS) is 13.7. The first kappa shape index (κ1) is 34.5. The molecule has 0 saturated carbocycles. The number of benzene rings is 1. The van der Waals surface area contributed by atoms with Crippen LogP contribution in [0.4, 0.5) is 4.79 Å². The monoisotopic (exact) mass is 586 g/mol. The number of phenols is 1. The van der Waals surface area contributed by atoms with Gasteiger partial charge in [-0.3, -0.25) is 14.4 Å². The van der Waals surface area contributed by atoms with Gasteiger partial charge in [-0.25, -0.2) is 9.59 Å². The molecule has 1 aromatic rings. The summed E-state index contributed by atoms with van der Waals surface area (Å²) in [4.78, 5) is 62.1. The standard InChI is InChI=1S/C25H38N4O10S/c1-3-4-10-39-25(38)29-20(14-31)23(35)27-18(12-15-5-7-16(32)8-6-15)21(33)28-19(13-30)22(34)26-17(24(36)37)9-11-40-2/h5-8,17-20,30-32H,3-4,9-14H2,1-2H3,(H,26,34)(H,27,35)(H,28,33)(H,29,38)(H,36,37)/t17-,18-,19-,20-/m0/s1. The minimum absolute atomic E-state index is 0.0357. The molecule has 4 amide bonds. The van der Waals surface area contributed by atoms with Crippen LogP contribution >= 0.6 is 11.8 Å². The van der Waals surface area contributed by atoms with Crippen molar-refractivity contribution in [3.8, 4) is 5.75 Å². The van der Waals surface area contributed by atoms with E-state index in [-0.39, 0.29) is 25.2 Å². The number of carbonyl (C=O) groups is 5. The molecule has 0 aliphatic carbocycles. The maximum absolute atomic E-state index is 13.2. The van der Waals surface area contributed by atoms with Gasteiger partial charge in [-0.05, 0) is 42.5 Å². The molecule has 14 nitrogen and oxygen atoms in total. The number of carboxylic acid groups (broad SMARTS) is 1. The Morgan fingerprint density at radius 3 is 1.90 bits per heavy atom. The van der Waals surface area contributed by atoms with Gasteiger partial charge in [-0.2, -0.15) is 11.8 Å². The number of unbranched alkanes of at least 4 members (excludes halogenated alkanes) is 1. The summed E-state index contributed by atoms with van der Waals surface area (Å²) in [6.45, 7) is 0.331. The highest BCUT2D eigenvalue weighted by molar-refractivity contribution is 7.98. The molecule has 0 radical (unpaired) electrons. The van der Waals surface area contributed by atoms with Crippen LogP contribution in [0.25, 0.3) is 0 Å². The largest absolute Gasteiger partial charge is 0.508 e. The molecule has 15 heteroatoms. The average Bonchev–Trinajstić information content (AvgIpc) is 2.92. The average molecular weight is 587 g/mol. The van der Waals surface area contributed by atoms with E-state index in [0.717, 1.165) is 6.42 Å². The molecular formula is C25H38N4O10S. The van der Waals surface area contributed by atoms with E-state index in [0.29, 0.717) is 17.7 Å². The summed E-state index contributed by atoms with van der Waals surface area (Å²) in [5.74, 6) is -3.65. The van der Waals surface area contributed by atoms with Gasteiger partial charge in [0, 0.05) is 6.42 Å². The summed E-state index contributed by atoms with van der Waals surface area (Å²) >= 11 is 1.38. The first-order valence-corrected chi connectivity index (χ1v) is 14.0. The van der Waals surface area contributed by atoms with Gasteiger partial charge in [0.25, 0.3) is 0 Å². The number of aromatic hydroxyl groups is 1. The summed E-state index contributed by atoms with van der Waals surface area (Å²) in [7, 11) is 0. The predicted octanol–water partition coefficient (Wildman–Crippen LogP) is -0.894. The molecule has 0 unspecified atom stereocenters. The molecule has 0 aliphatic heterocycles. The summed E-state index contributed by atoms with van der Waals surface area (Å²) in [5.41, 5.74) is 0.499. The number of amides is 4. The Bertz CT molecular complexity index is 979. The summed E-state index contributed by atoms with van der Waals surface area (Å²) in [6, 6.07) is 0.103. The highest BCUT2D eigenvalue weighted by Crippen LogP contribution is 2.12. The molecule has 4 atom stereocenters. The zero-order valence-corrected chi connectivity index (χ0v) is 23.2. The third kappa shape index (κ3) is 12.5. The number of hydrogen-bond donors (Lipinski definition) is 8. The molecule has 0 aliphatic rings. The van der Waals surface area contributed by atoms with Gasteiger partial charge in [-0.15, -0.1) is 0 Å². The molecular weight excluding hydrogens is 548 g/mol. The fraction of sp³-hybridized carbons (Fsp3) is 0.560. The number of hydrogen-bond acceptors (Lipinski definition) is 10. The number of thioether (sulfide) groups is 1. The highest BCUT2D eigenvalue weighted by Gasteiger charge is 2.31. The Morgan fingerprint density at radius 1 is 0.850 bits per heavy atom. The first-order valence-electron chi connectivity index (χ1n) is 12.6. The molecule has 1 rings (SSSR count). The van der Waals surface area contributed by atoms with Crippen molar-refractivity contribution in [2.45, 2.75) is 56.8 Å². The van der Waals surface area contributed by atoms with E-state index in [1.807, 2.05) is 6.92 Å². The van der Waals surface area contributed by atoms with Crippen LogP contribution in [-0.4, -0.2) is 106 Å². The number of alkyl carbamates (subject to hydrolysis) is 1. The van der Waals surface area contributed by atoms with E-state index in [2.05, 4.69) is 21.3 Å². The zero-order valence-electron chi connectivity index (χ0n) is 22.4. The van der Waals surface area contributed by atoms with Crippen LogP contribution in [0.2, 0.25) is 0 Å². The van der Waals surface area contributed by atoms with E-state index in [4.69, 9.17) is 4.74 Å². The lowest BCUT2D eigenvalue weighted by molar-refractivity contribution is -0.142. The smallest absolute Gasteiger partial charge is 0.407 e. The topological polar surface area (TPSA) is 224 Å². The van der Waals surface area contributed by atoms with Gasteiger partial charge in [0.2, 0.25) is 17.7 Å². The lowest BCUT2D eigenvalue weighted by atomic mass is 10.0. The van der Waals surface area contributed by atoms with Crippen molar-refractivity contribution in [1.29, 1.82) is 0 Å². The van der Waals surface area contributed by atoms with Gasteiger partial charge in [0.05, 0.1) is 19.8 Å². The van der Waals surface area contributed by atoms with E-state index in [1.54, 1.807) is 6.26 Å². The lowest BCUT2D eigenvalue weighted by Crippen LogP contribution is -2.59. The minimum atomic E-state index is -1.54. The van der Waals surface area contributed by atoms with Crippen molar-refractivity contribution in [1.82, 2.24) is 21.3 Å². The van der Waals surface area contributed by atoms with Gasteiger partial charge >= 0.3 is 12.1 Å². The molecule has 1 aromatic carbocycles. The molecule has 8 N–H and O–H groups in total. The van der Waals surface area contributed by atoms with Gasteiger partial charge in [-0.1, -0.05) is 25.5 Å². The molecule has 0 spiro atoms. The molecule has 0 bridgehead atoms. The number of aliphatic carboxylic acids is 1. The molecule has 40 heavy (non-hydrogen) atoms. The zero-order chi connectivity index (χ0) is 30.1. The quantitative estimate of drug-likeness (QED) is 0.0985. The van der Waals surface area contributed by atoms with E-state index < -0.39 is 67.2 Å². The second kappa shape index (κ2) is 18.7. The summed E-state index contributed by atoms with van der Waals surface area (Å²) < 4.78 is 4.93. The van der Waals surface area contributed by atoms with Crippen molar-refractivity contribution in [2.24, 2.45) is 0 Å². The minimum Gasteiger partial charge on any atom is -0.508 e. The van der Waals surface area contributed by atoms with Crippen LogP contribution in [0.3, 0.4) is 0 Å². The number of rotatable bonds is 18. The van der Waals surface area contributed by atoms with Crippen LogP contribution in [0.15, 0.2) is 24.3 Å². The number of carbonyl (C=O) groups excluding carboxylic acids is 4. The van der Waals surface area contributed by atoms with E-state index >= 15 is 0 Å². The van der Waals surface area contributed by atoms with Crippen LogP contribution in [0.5, 0.6) is 5.75 Å². The molecule has 0 heterocycles. The SMILES string of the molecule is CCCCOC(=O)N[C@@H](CO)C(=O)N[C@@H](Cc1ccc(O)cc1)C(=O)N[C@@H](CO)C(=O)N[C@@H](CCSC)C(=O)O. The fourth-order valence-corrected chi connectivity index (χ4v) is 3.74. The molecule has 0 fully saturated rings. The van der Waals surface area contributed by atoms with Crippen molar-refractivity contribution in [3.05, 3.63) is 29.8 Å². The number of carboxylic acids is 1. The van der Waals surface area contributed by atoms with E-state index in [9.17, 15) is 44.4 Å². The Hall–Kier alpha value is -3.56. The highest BCUT2D eigenvalue weighted by atomic mass is 32.2. The number of aliphatic hydroxyl groups is 2. The third-order valence-corrected chi connectivity index (χ3v) is 6.22. The Kier molecular flexibility index (Phi) is 16.1. The van der Waals surface area contributed by atoms with Gasteiger partial charge < -0.3 is 46.4 Å². The predicted molar refractivity (Wildman–Crippen MR) is 146 cm³/mol. The van der Waals surface area contributed by atoms with Crippen LogP contribution in [0, 0.1) is 0 Å². The second-order valence-corrected chi connectivity index (χ2v) is 9.71. The van der Waals surface area contributed by atoms with Crippen LogP contribution in [0.1, 0.15) is 31.7 Å². The number of aliphatic hydroxyl groups excluding tert-OH is 2. The van der Waals surface area contributed by atoms with Crippen LogP contribution in [-0.2, 0) is 30.3 Å². The molecule has 0 saturated heterocycles. The van der Waals surface area contributed by atoms with Crippen molar-refractivity contribution < 1.29 is 49.1 Å². The molecule has 224 valence electrons.